The number of nitrogens with one attached hydrogen (secondary N) is 1. The minimum Gasteiger partial charge on any atom is -0.486 e. The fourth-order valence-electron chi connectivity index (χ4n) is 1.10. The van der Waals surface area contributed by atoms with Crippen LogP contribution in [0.15, 0.2) is 23.3 Å². The average molecular weight is 271 g/mol. The summed E-state index contributed by atoms with van der Waals surface area (Å²) in [5.74, 6) is 10.7. The van der Waals surface area contributed by atoms with E-state index in [9.17, 15) is 0 Å². The molecular formula is C10H21N7O2. The fourth-order valence-corrected chi connectivity index (χ4v) is 1.10. The number of benzene rings is 1. The van der Waals surface area contributed by atoms with Gasteiger partial charge in [0.2, 0.25) is 0 Å². The van der Waals surface area contributed by atoms with Crippen LogP contribution >= 0.6 is 0 Å². The number of hydrogen-bond acceptors (Lipinski definition) is 8. The van der Waals surface area contributed by atoms with Gasteiger partial charge in [-0.15, -0.1) is 5.10 Å². The monoisotopic (exact) mass is 271 g/mol. The van der Waals surface area contributed by atoms with Crippen molar-refractivity contribution < 1.29 is 9.94 Å². The first-order valence-corrected chi connectivity index (χ1v) is 5.58. The molecule has 0 aliphatic carbocycles. The summed E-state index contributed by atoms with van der Waals surface area (Å²) in [4.78, 5) is 0. The standard InChI is InChI=1S/C8H15N7O2.C2H6/c9-6-3-5(1-2-7(6)15(12)16)17-4-8(10)13-14-11;1-2/h1-3,14,16H,4,9,11-12H2,(H2,10,13);1-2H3. The second-order valence-corrected chi connectivity index (χ2v) is 3.09. The van der Waals surface area contributed by atoms with Gasteiger partial charge >= 0.3 is 0 Å². The molecule has 1 aromatic carbocycles. The van der Waals surface area contributed by atoms with Crippen molar-refractivity contribution in [3.8, 4) is 5.75 Å². The summed E-state index contributed by atoms with van der Waals surface area (Å²) in [6.45, 7) is 4.05. The molecule has 10 N–H and O–H groups in total. The molecule has 0 heterocycles. The van der Waals surface area contributed by atoms with Crippen LogP contribution in [0.3, 0.4) is 0 Å². The molecule has 0 amide bonds. The summed E-state index contributed by atoms with van der Waals surface area (Å²) in [5, 5.41) is 12.9. The number of nitrogens with zero attached hydrogens (tertiary/aromatic N) is 2. The molecule has 108 valence electrons. The van der Waals surface area contributed by atoms with Crippen LogP contribution in [-0.4, -0.2) is 17.6 Å². The molecule has 0 atom stereocenters. The predicted octanol–water partition coefficient (Wildman–Crippen LogP) is -0.521. The van der Waals surface area contributed by atoms with Gasteiger partial charge in [-0.05, 0) is 12.1 Å². The van der Waals surface area contributed by atoms with Gasteiger partial charge in [-0.25, -0.2) is 17.2 Å². The lowest BCUT2D eigenvalue weighted by atomic mass is 10.2. The van der Waals surface area contributed by atoms with Gasteiger partial charge in [0.1, 0.15) is 18.0 Å². The first-order valence-electron chi connectivity index (χ1n) is 5.58. The summed E-state index contributed by atoms with van der Waals surface area (Å²) in [5.41, 5.74) is 13.6. The Hall–Kier alpha value is -2.23. The van der Waals surface area contributed by atoms with Crippen LogP contribution in [0.25, 0.3) is 0 Å². The maximum Gasteiger partial charge on any atom is 0.159 e. The number of nitrogen functional groups attached to an aromatic ring is 1. The molecule has 19 heavy (non-hydrogen) atoms. The second-order valence-electron chi connectivity index (χ2n) is 3.09. The minimum atomic E-state index is 0.0501. The Morgan fingerprint density at radius 2 is 2.11 bits per heavy atom. The molecule has 0 aliphatic heterocycles. The van der Waals surface area contributed by atoms with Crippen molar-refractivity contribution in [3.05, 3.63) is 18.2 Å². The molecule has 0 bridgehead atoms. The smallest absolute Gasteiger partial charge is 0.159 e. The van der Waals surface area contributed by atoms with Crippen molar-refractivity contribution in [2.24, 2.45) is 22.5 Å². The first-order chi connectivity index (χ1) is 9.04. The number of rotatable bonds is 5. The number of ether oxygens (including phenoxy) is 1. The number of hydrazine groups is 2. The average Bonchev–Trinajstić information content (AvgIpc) is 2.39. The van der Waals surface area contributed by atoms with Gasteiger partial charge in [0.25, 0.3) is 0 Å². The van der Waals surface area contributed by atoms with Crippen molar-refractivity contribution in [1.82, 2.24) is 5.53 Å². The highest BCUT2D eigenvalue weighted by Gasteiger charge is 2.05. The molecule has 0 fully saturated rings. The lowest BCUT2D eigenvalue weighted by Gasteiger charge is -2.13. The van der Waals surface area contributed by atoms with Crippen LogP contribution < -0.4 is 38.6 Å². The molecule has 0 saturated heterocycles. The molecule has 0 aliphatic rings. The molecule has 1 aromatic rings. The minimum absolute atomic E-state index is 0.0501. The van der Waals surface area contributed by atoms with Gasteiger partial charge in [0.05, 0.1) is 5.69 Å². The van der Waals surface area contributed by atoms with Crippen LogP contribution in [0.1, 0.15) is 13.8 Å². The highest BCUT2D eigenvalue weighted by molar-refractivity contribution is 5.81. The quantitative estimate of drug-likeness (QED) is 0.137. The zero-order chi connectivity index (χ0) is 14.8. The third kappa shape index (κ3) is 5.77. The third-order valence-corrected chi connectivity index (χ3v) is 1.84. The van der Waals surface area contributed by atoms with Gasteiger partial charge in [-0.3, -0.25) is 5.21 Å². The summed E-state index contributed by atoms with van der Waals surface area (Å²) in [6.07, 6.45) is 0. The third-order valence-electron chi connectivity index (χ3n) is 1.84. The molecule has 0 unspecified atom stereocenters. The van der Waals surface area contributed by atoms with Crippen molar-refractivity contribution in [1.29, 1.82) is 0 Å². The Morgan fingerprint density at radius 1 is 1.47 bits per heavy atom. The number of anilines is 2. The fraction of sp³-hybridized carbons (Fsp3) is 0.300. The summed E-state index contributed by atoms with van der Waals surface area (Å²) < 4.78 is 5.26. The van der Waals surface area contributed by atoms with Crippen molar-refractivity contribution in [3.63, 3.8) is 0 Å². The van der Waals surface area contributed by atoms with E-state index in [1.54, 1.807) is 6.07 Å². The lowest BCUT2D eigenvalue weighted by molar-refractivity contribution is 0.258. The number of hydrazone groups is 1. The van der Waals surface area contributed by atoms with E-state index in [0.717, 1.165) is 0 Å². The van der Waals surface area contributed by atoms with Crippen LogP contribution in [0.4, 0.5) is 11.4 Å². The highest BCUT2D eigenvalue weighted by Crippen LogP contribution is 2.25. The van der Waals surface area contributed by atoms with Gasteiger partial charge in [0, 0.05) is 6.07 Å². The van der Waals surface area contributed by atoms with Gasteiger partial charge in [-0.1, -0.05) is 13.8 Å². The zero-order valence-electron chi connectivity index (χ0n) is 11.0. The van der Waals surface area contributed by atoms with Crippen molar-refractivity contribution >= 4 is 17.2 Å². The maximum atomic E-state index is 9.01. The topological polar surface area (TPSA) is 161 Å². The normalized spacial score (nSPS) is 10.3. The second kappa shape index (κ2) is 8.80. The number of hydrogen-bond donors (Lipinski definition) is 6. The van der Waals surface area contributed by atoms with Gasteiger partial charge < -0.3 is 16.2 Å². The molecule has 1 rings (SSSR count). The Kier molecular flexibility index (Phi) is 7.77. The Labute approximate surface area is 111 Å². The van der Waals surface area contributed by atoms with E-state index in [1.807, 2.05) is 19.4 Å². The molecule has 0 spiro atoms. The largest absolute Gasteiger partial charge is 0.486 e. The summed E-state index contributed by atoms with van der Waals surface area (Å²) in [6, 6.07) is 4.57. The van der Waals surface area contributed by atoms with Crippen LogP contribution in [0.2, 0.25) is 0 Å². The predicted molar refractivity (Wildman–Crippen MR) is 75.1 cm³/mol. The maximum absolute atomic E-state index is 9.01. The van der Waals surface area contributed by atoms with E-state index in [1.165, 1.54) is 12.1 Å². The zero-order valence-corrected chi connectivity index (χ0v) is 11.0. The molecule has 0 radical (unpaired) electrons. The van der Waals surface area contributed by atoms with E-state index in [-0.39, 0.29) is 23.8 Å². The van der Waals surface area contributed by atoms with Crippen LogP contribution in [0, 0.1) is 0 Å². The van der Waals surface area contributed by atoms with Crippen LogP contribution in [-0.2, 0) is 0 Å². The van der Waals surface area contributed by atoms with E-state index >= 15 is 0 Å². The molecule has 0 saturated carbocycles. The van der Waals surface area contributed by atoms with E-state index in [2.05, 4.69) is 5.10 Å². The summed E-state index contributed by atoms with van der Waals surface area (Å²) in [7, 11) is 0. The Bertz CT molecular complexity index is 409. The highest BCUT2D eigenvalue weighted by atomic mass is 16.5. The summed E-state index contributed by atoms with van der Waals surface area (Å²) >= 11 is 0. The lowest BCUT2D eigenvalue weighted by Crippen LogP contribution is -2.27. The SMILES string of the molecule is CC.NN/N=C(\N)COc1ccc(N(N)O)c(N)c1. The van der Waals surface area contributed by atoms with E-state index < -0.39 is 0 Å². The Balaban J connectivity index is 0.00000154. The van der Waals surface area contributed by atoms with Crippen molar-refractivity contribution in [2.75, 3.05) is 17.5 Å². The van der Waals surface area contributed by atoms with E-state index in [4.69, 9.17) is 33.1 Å². The number of nitrogens with two attached hydrogens (primary N) is 4. The molecule has 9 heteroatoms. The van der Waals surface area contributed by atoms with Gasteiger partial charge in [-0.2, -0.15) is 5.17 Å². The molecular weight excluding hydrogens is 250 g/mol. The van der Waals surface area contributed by atoms with Gasteiger partial charge in [0.15, 0.2) is 5.84 Å². The van der Waals surface area contributed by atoms with Crippen molar-refractivity contribution in [2.45, 2.75) is 13.8 Å². The van der Waals surface area contributed by atoms with E-state index in [0.29, 0.717) is 10.9 Å². The first kappa shape index (κ1) is 16.8. The molecule has 9 nitrogen and oxygen atoms in total. The van der Waals surface area contributed by atoms with Crippen LogP contribution in [0.5, 0.6) is 5.75 Å². The number of amidine groups is 1. The Morgan fingerprint density at radius 3 is 2.58 bits per heavy atom. The molecule has 0 aromatic heterocycles.